The maximum atomic E-state index is 11.5. The van der Waals surface area contributed by atoms with Gasteiger partial charge in [0.05, 0.1) is 0 Å². The normalized spacial score (nSPS) is 12.4. The Balaban J connectivity index is 0.00000226. The summed E-state index contributed by atoms with van der Waals surface area (Å²) in [5, 5.41) is 34.2. The van der Waals surface area contributed by atoms with Crippen LogP contribution in [0.1, 0.15) is 146 Å². The predicted molar refractivity (Wildman–Crippen MR) is 216 cm³/mol. The third-order valence-electron chi connectivity index (χ3n) is 10.6. The summed E-state index contributed by atoms with van der Waals surface area (Å²) in [6.45, 7) is 31.9. The van der Waals surface area contributed by atoms with Gasteiger partial charge < -0.3 is 20.2 Å². The topological polar surface area (TPSA) is 98.0 Å². The molecule has 4 aromatic carbocycles. The molecule has 1 atom stereocenters. The van der Waals surface area contributed by atoms with E-state index in [1.807, 2.05) is 20.8 Å². The second kappa shape index (κ2) is 15.6. The molecular weight excluding hydrogens is 651 g/mol. The van der Waals surface area contributed by atoms with Crippen molar-refractivity contribution in [2.75, 3.05) is 0 Å². The quantitative estimate of drug-likeness (QED) is 0.149. The smallest absolute Gasteiger partial charge is 0.177 e. The van der Waals surface area contributed by atoms with Crippen LogP contribution in [0.2, 0.25) is 0 Å². The van der Waals surface area contributed by atoms with Crippen LogP contribution in [0.25, 0.3) is 0 Å². The summed E-state index contributed by atoms with van der Waals surface area (Å²) >= 11 is 0. The molecule has 0 radical (unpaired) electrons. The number of hydrogen-bond acceptors (Lipinski definition) is 4. The fourth-order valence-corrected chi connectivity index (χ4v) is 7.37. The monoisotopic (exact) mass is 714 g/mol. The van der Waals surface area contributed by atoms with E-state index in [0.29, 0.717) is 36.5 Å². The van der Waals surface area contributed by atoms with Crippen molar-refractivity contribution < 1.29 is 24.8 Å². The zero-order valence-electron chi connectivity index (χ0n) is 33.9. The third-order valence-corrected chi connectivity index (χ3v) is 10.6. The van der Waals surface area contributed by atoms with Gasteiger partial charge in [0.2, 0.25) is 0 Å². The first-order valence-electron chi connectivity index (χ1n) is 18.0. The first kappa shape index (κ1) is 41.9. The maximum absolute atomic E-state index is 11.5. The SMILES string of the molecule is Cc1cc(C(C)(C)C)c(O)c(C)c1Cc1cccc(Cc2c(C)cc(C(C)(C)C)c(O)c2C)c1Cc1c(C)cc(C(C)(C)C)c(O)c1C.O=[PH2]O. The molecule has 4 N–H and O–H groups in total. The van der Waals surface area contributed by atoms with Crippen molar-refractivity contribution in [2.24, 2.45) is 0 Å². The standard InChI is InChI=1S/C45H60O3.H3O2P/c1-25-19-37(43(7,8)9)40(46)28(4)33(25)22-31-17-16-18-32(23-34-26(2)20-38(44(10,11)12)41(47)29(34)5)36(31)24-35-27(3)21-39(45(13,14)15)42(48)30(35)6;1-3-2/h16-21,46-48H,22-24H2,1-15H3;3H2,(H,1,2). The Bertz CT molecular complexity index is 1840. The fraction of sp³-hybridized carbons (Fsp3) is 0.467. The molecule has 4 rings (SSSR count). The highest BCUT2D eigenvalue weighted by Crippen LogP contribution is 2.41. The zero-order valence-corrected chi connectivity index (χ0v) is 35.0. The van der Waals surface area contributed by atoms with Crippen molar-refractivity contribution >= 4 is 8.69 Å². The first-order valence-corrected chi connectivity index (χ1v) is 19.0. The summed E-state index contributed by atoms with van der Waals surface area (Å²) in [4.78, 5) is 7.10. The summed E-state index contributed by atoms with van der Waals surface area (Å²) in [7, 11) is -1.50. The Hall–Kier alpha value is -3.53. The number of phenols is 3. The molecule has 0 aliphatic rings. The highest BCUT2D eigenvalue weighted by molar-refractivity contribution is 7.16. The average Bonchev–Trinajstić information content (AvgIpc) is 3.00. The van der Waals surface area contributed by atoms with Gasteiger partial charge in [-0.3, -0.25) is 4.57 Å². The molecule has 0 saturated carbocycles. The van der Waals surface area contributed by atoms with Crippen LogP contribution in [0, 0.1) is 41.5 Å². The Morgan fingerprint density at radius 1 is 0.490 bits per heavy atom. The van der Waals surface area contributed by atoms with E-state index in [2.05, 4.69) is 119 Å². The van der Waals surface area contributed by atoms with Crippen LogP contribution in [-0.2, 0) is 40.1 Å². The van der Waals surface area contributed by atoms with Crippen LogP contribution >= 0.6 is 8.69 Å². The molecule has 0 saturated heterocycles. The average molecular weight is 715 g/mol. The number of benzene rings is 4. The summed E-state index contributed by atoms with van der Waals surface area (Å²) in [6.07, 6.45) is 2.06. The van der Waals surface area contributed by atoms with Gasteiger partial charge in [-0.25, -0.2) is 0 Å². The molecular formula is C45H63O5P. The summed E-state index contributed by atoms with van der Waals surface area (Å²) in [6, 6.07) is 13.1. The minimum atomic E-state index is -1.50. The van der Waals surface area contributed by atoms with Crippen molar-refractivity contribution in [3.8, 4) is 17.2 Å². The molecule has 1 unspecified atom stereocenters. The van der Waals surface area contributed by atoms with Crippen LogP contribution in [0.4, 0.5) is 0 Å². The molecule has 0 bridgehead atoms. The van der Waals surface area contributed by atoms with E-state index in [4.69, 9.17) is 9.46 Å². The van der Waals surface area contributed by atoms with Gasteiger partial charge in [0.15, 0.2) is 8.69 Å². The second-order valence-electron chi connectivity index (χ2n) is 17.5. The van der Waals surface area contributed by atoms with Crippen LogP contribution < -0.4 is 0 Å². The molecule has 278 valence electrons. The van der Waals surface area contributed by atoms with Gasteiger partial charge in [0, 0.05) is 0 Å². The molecule has 4 aromatic rings. The van der Waals surface area contributed by atoms with Gasteiger partial charge >= 0.3 is 0 Å². The van der Waals surface area contributed by atoms with Gasteiger partial charge in [-0.15, -0.1) is 0 Å². The highest BCUT2D eigenvalue weighted by Gasteiger charge is 2.27. The summed E-state index contributed by atoms with van der Waals surface area (Å²) in [5.74, 6) is 1.15. The highest BCUT2D eigenvalue weighted by atomic mass is 31.1. The molecule has 0 aliphatic heterocycles. The Morgan fingerprint density at radius 2 is 0.745 bits per heavy atom. The fourth-order valence-electron chi connectivity index (χ4n) is 7.37. The lowest BCUT2D eigenvalue weighted by atomic mass is 9.79. The van der Waals surface area contributed by atoms with Crippen molar-refractivity contribution in [3.63, 3.8) is 0 Å². The van der Waals surface area contributed by atoms with E-state index in [-0.39, 0.29) is 16.2 Å². The molecule has 6 heteroatoms. The summed E-state index contributed by atoms with van der Waals surface area (Å²) < 4.78 is 8.57. The minimum Gasteiger partial charge on any atom is -0.507 e. The molecule has 0 aromatic heterocycles. The van der Waals surface area contributed by atoms with Gasteiger partial charge in [-0.1, -0.05) is 98.7 Å². The molecule has 0 spiro atoms. The number of rotatable bonds is 6. The lowest BCUT2D eigenvalue weighted by Gasteiger charge is -2.27. The second-order valence-corrected chi connectivity index (χ2v) is 17.7. The lowest BCUT2D eigenvalue weighted by Crippen LogP contribution is -2.15. The number of aryl methyl sites for hydroxylation is 3. The van der Waals surface area contributed by atoms with Gasteiger partial charge in [-0.05, 0) is 161 Å². The Kier molecular flexibility index (Phi) is 12.8. The van der Waals surface area contributed by atoms with Crippen molar-refractivity contribution in [3.05, 3.63) is 120 Å². The summed E-state index contributed by atoms with van der Waals surface area (Å²) in [5.41, 5.74) is 15.9. The van der Waals surface area contributed by atoms with E-state index in [1.54, 1.807) is 0 Å². The largest absolute Gasteiger partial charge is 0.507 e. The Labute approximate surface area is 309 Å². The molecule has 0 aliphatic carbocycles. The van der Waals surface area contributed by atoms with Crippen LogP contribution in [0.15, 0.2) is 36.4 Å². The third kappa shape index (κ3) is 9.10. The lowest BCUT2D eigenvalue weighted by molar-refractivity contribution is 0.441. The van der Waals surface area contributed by atoms with Crippen LogP contribution in [0.5, 0.6) is 17.2 Å². The van der Waals surface area contributed by atoms with E-state index < -0.39 is 8.69 Å². The number of phenolic OH excluding ortho intramolecular Hbond substituents is 3. The zero-order chi connectivity index (χ0) is 39.0. The van der Waals surface area contributed by atoms with Crippen molar-refractivity contribution in [1.29, 1.82) is 0 Å². The molecule has 0 amide bonds. The Morgan fingerprint density at radius 3 is 1.00 bits per heavy atom. The van der Waals surface area contributed by atoms with Crippen molar-refractivity contribution in [2.45, 2.75) is 139 Å². The molecule has 0 fully saturated rings. The number of hydrogen-bond donors (Lipinski definition) is 4. The molecule has 51 heavy (non-hydrogen) atoms. The van der Waals surface area contributed by atoms with Crippen molar-refractivity contribution in [1.82, 2.24) is 0 Å². The van der Waals surface area contributed by atoms with Gasteiger partial charge in [0.1, 0.15) is 17.2 Å². The van der Waals surface area contributed by atoms with E-state index in [9.17, 15) is 15.3 Å². The van der Waals surface area contributed by atoms with Gasteiger partial charge in [-0.2, -0.15) is 0 Å². The minimum absolute atomic E-state index is 0.163. The van der Waals surface area contributed by atoms with E-state index in [1.165, 1.54) is 33.4 Å². The first-order chi connectivity index (χ1) is 23.4. The van der Waals surface area contributed by atoms with E-state index in [0.717, 1.165) is 50.1 Å². The molecule has 0 heterocycles. The molecule has 5 nitrogen and oxygen atoms in total. The van der Waals surface area contributed by atoms with Crippen LogP contribution in [0.3, 0.4) is 0 Å². The maximum Gasteiger partial charge on any atom is 0.177 e. The predicted octanol–water partition coefficient (Wildman–Crippen LogP) is 11.0. The van der Waals surface area contributed by atoms with E-state index >= 15 is 0 Å². The number of aromatic hydroxyl groups is 3. The van der Waals surface area contributed by atoms with Crippen LogP contribution in [-0.4, -0.2) is 20.2 Å². The van der Waals surface area contributed by atoms with Gasteiger partial charge in [0.25, 0.3) is 0 Å².